The molecule has 6 nitrogen and oxygen atoms in total. The highest BCUT2D eigenvalue weighted by Gasteiger charge is 2.50. The maximum atomic E-state index is 12.7. The fraction of sp³-hybridized carbons (Fsp3) is 0.188. The van der Waals surface area contributed by atoms with Crippen LogP contribution in [-0.4, -0.2) is 29.3 Å². The van der Waals surface area contributed by atoms with Crippen LogP contribution in [-0.2, 0) is 15.1 Å². The topological polar surface area (TPSA) is 78.5 Å². The van der Waals surface area contributed by atoms with Crippen molar-refractivity contribution in [3.63, 3.8) is 0 Å². The van der Waals surface area contributed by atoms with Gasteiger partial charge in [-0.1, -0.05) is 18.2 Å². The van der Waals surface area contributed by atoms with Crippen molar-refractivity contribution in [3.05, 3.63) is 51.1 Å². The highest BCUT2D eigenvalue weighted by atomic mass is 79.9. The molecule has 124 valence electrons. The summed E-state index contributed by atoms with van der Waals surface area (Å²) in [6, 6.07) is 11.9. The Morgan fingerprint density at radius 2 is 1.96 bits per heavy atom. The average Bonchev–Trinajstić information content (AvgIpc) is 3.07. The fourth-order valence-electron chi connectivity index (χ4n) is 2.46. The largest absolute Gasteiger partial charge is 0.325 e. The van der Waals surface area contributed by atoms with E-state index in [2.05, 4.69) is 26.6 Å². The Hall–Kier alpha value is -2.19. The Kier molecular flexibility index (Phi) is 4.42. The van der Waals surface area contributed by atoms with E-state index in [-0.39, 0.29) is 6.54 Å². The minimum Gasteiger partial charge on any atom is -0.325 e. The molecule has 24 heavy (non-hydrogen) atoms. The Morgan fingerprint density at radius 3 is 2.58 bits per heavy atom. The third-order valence-electron chi connectivity index (χ3n) is 3.70. The molecule has 1 fully saturated rings. The van der Waals surface area contributed by atoms with Crippen LogP contribution in [0.4, 0.5) is 10.5 Å². The van der Waals surface area contributed by atoms with Gasteiger partial charge in [-0.05, 0) is 47.1 Å². The first-order valence-electron chi connectivity index (χ1n) is 7.15. The summed E-state index contributed by atoms with van der Waals surface area (Å²) in [5.74, 6) is -0.869. The van der Waals surface area contributed by atoms with Crippen LogP contribution in [0.5, 0.6) is 0 Å². The predicted octanol–water partition coefficient (Wildman–Crippen LogP) is 2.92. The number of nitrogens with one attached hydrogen (secondary N) is 2. The van der Waals surface area contributed by atoms with E-state index in [1.54, 1.807) is 37.3 Å². The molecule has 0 bridgehead atoms. The number of urea groups is 1. The zero-order valence-corrected chi connectivity index (χ0v) is 15.1. The van der Waals surface area contributed by atoms with Crippen LogP contribution in [0.1, 0.15) is 11.8 Å². The highest BCUT2D eigenvalue weighted by molar-refractivity contribution is 9.11. The van der Waals surface area contributed by atoms with Gasteiger partial charge in [-0.25, -0.2) is 4.79 Å². The number of benzene rings is 1. The molecule has 2 heterocycles. The van der Waals surface area contributed by atoms with Gasteiger partial charge in [0.15, 0.2) is 5.54 Å². The van der Waals surface area contributed by atoms with Gasteiger partial charge in [0.2, 0.25) is 5.91 Å². The van der Waals surface area contributed by atoms with Gasteiger partial charge >= 0.3 is 6.03 Å². The molecule has 1 unspecified atom stereocenters. The minimum atomic E-state index is -1.15. The van der Waals surface area contributed by atoms with Gasteiger partial charge in [0.05, 0.1) is 3.79 Å². The van der Waals surface area contributed by atoms with Crippen LogP contribution >= 0.6 is 27.3 Å². The number of carbonyl (C=O) groups is 3. The maximum absolute atomic E-state index is 12.7. The molecule has 1 aliphatic rings. The third kappa shape index (κ3) is 3.07. The zero-order chi connectivity index (χ0) is 17.3. The molecular weight excluding hydrogens is 394 g/mol. The first-order chi connectivity index (χ1) is 11.4. The molecule has 0 spiro atoms. The van der Waals surface area contributed by atoms with E-state index in [1.165, 1.54) is 11.3 Å². The summed E-state index contributed by atoms with van der Waals surface area (Å²) in [5.41, 5.74) is -0.541. The fourth-order valence-corrected chi connectivity index (χ4v) is 3.94. The summed E-state index contributed by atoms with van der Waals surface area (Å²) in [4.78, 5) is 38.6. The Bertz CT molecular complexity index is 808. The maximum Gasteiger partial charge on any atom is 0.325 e. The Morgan fingerprint density at radius 1 is 1.25 bits per heavy atom. The molecule has 1 aromatic carbocycles. The van der Waals surface area contributed by atoms with Crippen molar-refractivity contribution in [1.29, 1.82) is 0 Å². The first kappa shape index (κ1) is 16.7. The molecule has 4 amide bonds. The number of hydrogen-bond donors (Lipinski definition) is 2. The molecule has 0 saturated carbocycles. The molecule has 2 aromatic rings. The number of para-hydroxylation sites is 1. The van der Waals surface area contributed by atoms with E-state index < -0.39 is 23.4 Å². The van der Waals surface area contributed by atoms with Gasteiger partial charge in [0, 0.05) is 10.6 Å². The molecule has 8 heteroatoms. The summed E-state index contributed by atoms with van der Waals surface area (Å²) >= 11 is 4.71. The quantitative estimate of drug-likeness (QED) is 0.764. The molecule has 1 saturated heterocycles. The Balaban J connectivity index is 1.74. The second-order valence-electron chi connectivity index (χ2n) is 5.46. The predicted molar refractivity (Wildman–Crippen MR) is 94.7 cm³/mol. The standard InChI is InChI=1S/C16H14BrN3O3S/c1-16(11-7-8-12(17)24-11)14(22)20(15(23)19-16)9-13(21)18-10-5-3-2-4-6-10/h2-8H,9H2,1H3,(H,18,21)(H,19,23). The molecule has 1 aliphatic heterocycles. The molecule has 2 N–H and O–H groups in total. The molecular formula is C16H14BrN3O3S. The van der Waals surface area contributed by atoms with E-state index in [4.69, 9.17) is 0 Å². The van der Waals surface area contributed by atoms with Crippen molar-refractivity contribution < 1.29 is 14.4 Å². The van der Waals surface area contributed by atoms with E-state index in [1.807, 2.05) is 12.1 Å². The second-order valence-corrected chi connectivity index (χ2v) is 7.93. The second kappa shape index (κ2) is 6.37. The van der Waals surface area contributed by atoms with Gasteiger partial charge in [0.1, 0.15) is 6.54 Å². The molecule has 1 atom stereocenters. The van der Waals surface area contributed by atoms with E-state index in [0.29, 0.717) is 10.6 Å². The van der Waals surface area contributed by atoms with Gasteiger partial charge in [-0.2, -0.15) is 0 Å². The minimum absolute atomic E-state index is 0.332. The average molecular weight is 408 g/mol. The van der Waals surface area contributed by atoms with Crippen molar-refractivity contribution in [3.8, 4) is 0 Å². The molecule has 0 aliphatic carbocycles. The van der Waals surface area contributed by atoms with Crippen LogP contribution in [0.15, 0.2) is 46.3 Å². The van der Waals surface area contributed by atoms with Crippen molar-refractivity contribution in [2.45, 2.75) is 12.5 Å². The highest BCUT2D eigenvalue weighted by Crippen LogP contribution is 2.35. The lowest BCUT2D eigenvalue weighted by molar-refractivity contribution is -0.133. The lowest BCUT2D eigenvalue weighted by Gasteiger charge is -2.20. The van der Waals surface area contributed by atoms with E-state index >= 15 is 0 Å². The normalized spacial score (nSPS) is 20.2. The molecule has 0 radical (unpaired) electrons. The van der Waals surface area contributed by atoms with Crippen LogP contribution in [0, 0.1) is 0 Å². The number of halogens is 1. The Labute approximate surface area is 151 Å². The summed E-state index contributed by atoms with van der Waals surface area (Å²) < 4.78 is 0.862. The third-order valence-corrected chi connectivity index (χ3v) is 5.55. The van der Waals surface area contributed by atoms with Gasteiger partial charge in [-0.15, -0.1) is 11.3 Å². The van der Waals surface area contributed by atoms with Crippen LogP contribution in [0.2, 0.25) is 0 Å². The van der Waals surface area contributed by atoms with Crippen molar-refractivity contribution >= 4 is 50.8 Å². The van der Waals surface area contributed by atoms with Gasteiger partial charge in [-0.3, -0.25) is 14.5 Å². The number of thiophene rings is 1. The summed E-state index contributed by atoms with van der Waals surface area (Å²) in [6.07, 6.45) is 0. The van der Waals surface area contributed by atoms with Crippen LogP contribution in [0.25, 0.3) is 0 Å². The van der Waals surface area contributed by atoms with Crippen molar-refractivity contribution in [2.24, 2.45) is 0 Å². The summed E-state index contributed by atoms with van der Waals surface area (Å²) in [6.45, 7) is 1.31. The monoisotopic (exact) mass is 407 g/mol. The number of anilines is 1. The van der Waals surface area contributed by atoms with Crippen LogP contribution < -0.4 is 10.6 Å². The lowest BCUT2D eigenvalue weighted by Crippen LogP contribution is -2.41. The number of amides is 4. The number of nitrogens with zero attached hydrogens (tertiary/aromatic N) is 1. The van der Waals surface area contributed by atoms with E-state index in [0.717, 1.165) is 8.69 Å². The van der Waals surface area contributed by atoms with Crippen LogP contribution in [0.3, 0.4) is 0 Å². The number of rotatable bonds is 4. The smallest absolute Gasteiger partial charge is 0.325 e. The van der Waals surface area contributed by atoms with Crippen molar-refractivity contribution in [1.82, 2.24) is 10.2 Å². The number of carbonyl (C=O) groups excluding carboxylic acids is 3. The zero-order valence-electron chi connectivity index (χ0n) is 12.7. The van der Waals surface area contributed by atoms with Crippen molar-refractivity contribution in [2.75, 3.05) is 11.9 Å². The summed E-state index contributed by atoms with van der Waals surface area (Å²) in [5, 5.41) is 5.34. The van der Waals surface area contributed by atoms with E-state index in [9.17, 15) is 14.4 Å². The SMILES string of the molecule is CC1(c2ccc(Br)s2)NC(=O)N(CC(=O)Nc2ccccc2)C1=O. The molecule has 3 rings (SSSR count). The summed E-state index contributed by atoms with van der Waals surface area (Å²) in [7, 11) is 0. The lowest BCUT2D eigenvalue weighted by atomic mass is 10.0. The van der Waals surface area contributed by atoms with Gasteiger partial charge in [0.25, 0.3) is 5.91 Å². The first-order valence-corrected chi connectivity index (χ1v) is 8.76. The molecule has 1 aromatic heterocycles. The van der Waals surface area contributed by atoms with Gasteiger partial charge < -0.3 is 10.6 Å². The number of imide groups is 1. The number of hydrogen-bond acceptors (Lipinski definition) is 4.